The van der Waals surface area contributed by atoms with E-state index in [2.05, 4.69) is 0 Å². The van der Waals surface area contributed by atoms with Crippen LogP contribution in [0, 0.1) is 5.92 Å². The molecule has 6 heteroatoms. The zero-order valence-electron chi connectivity index (χ0n) is 8.30. The average molecular weight is 221 g/mol. The first kappa shape index (κ1) is 11.5. The van der Waals surface area contributed by atoms with Gasteiger partial charge in [0.05, 0.1) is 12.2 Å². The molecule has 1 heterocycles. The molecule has 0 aromatic heterocycles. The van der Waals surface area contributed by atoms with E-state index in [1.165, 1.54) is 4.31 Å². The van der Waals surface area contributed by atoms with Crippen molar-refractivity contribution >= 4 is 16.0 Å². The minimum atomic E-state index is -3.27. The molecular formula is C8H15NO4S. The van der Waals surface area contributed by atoms with Crippen LogP contribution in [0.15, 0.2) is 0 Å². The highest BCUT2D eigenvalue weighted by Crippen LogP contribution is 2.23. The van der Waals surface area contributed by atoms with E-state index >= 15 is 0 Å². The standard InChI is InChI=1S/C8H15NO4S/c1-6-3-4-7(8(10)11)5-9(6)14(2,12)13/h6-7H,3-5H2,1-2H3,(H,10,11). The van der Waals surface area contributed by atoms with E-state index in [1.807, 2.05) is 0 Å². The first-order valence-electron chi connectivity index (χ1n) is 4.52. The summed E-state index contributed by atoms with van der Waals surface area (Å²) in [6.45, 7) is 1.91. The van der Waals surface area contributed by atoms with Crippen molar-refractivity contribution in [1.29, 1.82) is 0 Å². The number of piperidine rings is 1. The molecule has 0 bridgehead atoms. The number of carboxylic acid groups (broad SMARTS) is 1. The van der Waals surface area contributed by atoms with Gasteiger partial charge >= 0.3 is 5.97 Å². The fourth-order valence-electron chi connectivity index (χ4n) is 1.74. The van der Waals surface area contributed by atoms with E-state index in [9.17, 15) is 13.2 Å². The summed E-state index contributed by atoms with van der Waals surface area (Å²) in [5.74, 6) is -1.47. The smallest absolute Gasteiger partial charge is 0.307 e. The van der Waals surface area contributed by atoms with Crippen molar-refractivity contribution in [2.45, 2.75) is 25.8 Å². The van der Waals surface area contributed by atoms with Crippen molar-refractivity contribution in [3.8, 4) is 0 Å². The number of carbonyl (C=O) groups is 1. The maximum absolute atomic E-state index is 11.3. The van der Waals surface area contributed by atoms with Gasteiger partial charge in [-0.1, -0.05) is 0 Å². The Kier molecular flexibility index (Phi) is 3.16. The van der Waals surface area contributed by atoms with Gasteiger partial charge in [0.25, 0.3) is 0 Å². The molecule has 1 rings (SSSR count). The second kappa shape index (κ2) is 3.86. The fourth-order valence-corrected chi connectivity index (χ4v) is 2.95. The van der Waals surface area contributed by atoms with Crippen LogP contribution in [0.5, 0.6) is 0 Å². The minimum Gasteiger partial charge on any atom is -0.481 e. The average Bonchev–Trinajstić information content (AvgIpc) is 2.02. The lowest BCUT2D eigenvalue weighted by atomic mass is 9.96. The molecule has 0 saturated carbocycles. The van der Waals surface area contributed by atoms with Crippen molar-refractivity contribution < 1.29 is 18.3 Å². The summed E-state index contributed by atoms with van der Waals surface area (Å²) in [5.41, 5.74) is 0. The van der Waals surface area contributed by atoms with Gasteiger partial charge in [-0.2, -0.15) is 4.31 Å². The monoisotopic (exact) mass is 221 g/mol. The summed E-state index contributed by atoms with van der Waals surface area (Å²) in [7, 11) is -3.27. The SMILES string of the molecule is CC1CCC(C(=O)O)CN1S(C)(=O)=O. The summed E-state index contributed by atoms with van der Waals surface area (Å²) in [5, 5.41) is 8.79. The van der Waals surface area contributed by atoms with E-state index in [1.54, 1.807) is 6.92 Å². The van der Waals surface area contributed by atoms with Gasteiger partial charge in [0.1, 0.15) is 0 Å². The lowest BCUT2D eigenvalue weighted by molar-refractivity contribution is -0.143. The van der Waals surface area contributed by atoms with Crippen LogP contribution in [0.3, 0.4) is 0 Å². The molecule has 1 aliphatic heterocycles. The number of aliphatic carboxylic acids is 1. The molecule has 0 spiro atoms. The Morgan fingerprint density at radius 2 is 2.00 bits per heavy atom. The number of hydrogen-bond acceptors (Lipinski definition) is 3. The van der Waals surface area contributed by atoms with Gasteiger partial charge < -0.3 is 5.11 Å². The third kappa shape index (κ3) is 2.45. The van der Waals surface area contributed by atoms with Gasteiger partial charge in [-0.15, -0.1) is 0 Å². The van der Waals surface area contributed by atoms with Crippen LogP contribution in [0.2, 0.25) is 0 Å². The van der Waals surface area contributed by atoms with Crippen molar-refractivity contribution in [3.05, 3.63) is 0 Å². The van der Waals surface area contributed by atoms with Crippen LogP contribution in [-0.4, -0.2) is 42.6 Å². The summed E-state index contributed by atoms with van der Waals surface area (Å²) in [6, 6.07) is -0.0828. The second-order valence-corrected chi connectivity index (χ2v) is 5.73. The Labute approximate surface area is 83.8 Å². The molecule has 0 aliphatic carbocycles. The fraction of sp³-hybridized carbons (Fsp3) is 0.875. The number of carboxylic acids is 1. The molecule has 1 aliphatic rings. The largest absolute Gasteiger partial charge is 0.481 e. The lowest BCUT2D eigenvalue weighted by Crippen LogP contribution is -2.46. The van der Waals surface area contributed by atoms with Crippen molar-refractivity contribution in [2.75, 3.05) is 12.8 Å². The summed E-state index contributed by atoms with van der Waals surface area (Å²) in [4.78, 5) is 10.7. The third-order valence-electron chi connectivity index (χ3n) is 2.60. The van der Waals surface area contributed by atoms with Gasteiger partial charge in [0.2, 0.25) is 10.0 Å². The molecule has 82 valence electrons. The molecule has 5 nitrogen and oxygen atoms in total. The van der Waals surface area contributed by atoms with Crippen LogP contribution < -0.4 is 0 Å². The van der Waals surface area contributed by atoms with E-state index in [4.69, 9.17) is 5.11 Å². The molecule has 0 radical (unpaired) electrons. The molecule has 2 atom stereocenters. The summed E-state index contributed by atoms with van der Waals surface area (Å²) in [6.07, 6.45) is 2.29. The van der Waals surface area contributed by atoms with Gasteiger partial charge in [0.15, 0.2) is 0 Å². The first-order chi connectivity index (χ1) is 6.32. The number of hydrogen-bond donors (Lipinski definition) is 1. The Morgan fingerprint density at radius 3 is 2.43 bits per heavy atom. The molecule has 1 N–H and O–H groups in total. The number of sulfonamides is 1. The van der Waals surface area contributed by atoms with Crippen LogP contribution in [-0.2, 0) is 14.8 Å². The Hall–Kier alpha value is -0.620. The van der Waals surface area contributed by atoms with Gasteiger partial charge in [-0.05, 0) is 19.8 Å². The molecule has 1 fully saturated rings. The molecule has 2 unspecified atom stereocenters. The van der Waals surface area contributed by atoms with Crippen molar-refractivity contribution in [1.82, 2.24) is 4.31 Å². The van der Waals surface area contributed by atoms with Gasteiger partial charge in [0, 0.05) is 12.6 Å². The first-order valence-corrected chi connectivity index (χ1v) is 6.37. The highest BCUT2D eigenvalue weighted by Gasteiger charge is 2.34. The van der Waals surface area contributed by atoms with Crippen LogP contribution >= 0.6 is 0 Å². The molecule has 0 aromatic rings. The highest BCUT2D eigenvalue weighted by molar-refractivity contribution is 7.88. The molecule has 14 heavy (non-hydrogen) atoms. The van der Waals surface area contributed by atoms with Crippen LogP contribution in [0.1, 0.15) is 19.8 Å². The second-order valence-electron chi connectivity index (χ2n) is 3.79. The molecule has 0 amide bonds. The van der Waals surface area contributed by atoms with Crippen LogP contribution in [0.25, 0.3) is 0 Å². The highest BCUT2D eigenvalue weighted by atomic mass is 32.2. The molecule has 0 aromatic carbocycles. The normalized spacial score (nSPS) is 30.1. The van der Waals surface area contributed by atoms with Crippen molar-refractivity contribution in [3.63, 3.8) is 0 Å². The summed E-state index contributed by atoms with van der Waals surface area (Å²) >= 11 is 0. The third-order valence-corrected chi connectivity index (χ3v) is 3.96. The Balaban J connectivity index is 2.80. The van der Waals surface area contributed by atoms with E-state index in [0.717, 1.165) is 6.26 Å². The van der Waals surface area contributed by atoms with Gasteiger partial charge in [-0.3, -0.25) is 4.79 Å². The molecule has 1 saturated heterocycles. The lowest BCUT2D eigenvalue weighted by Gasteiger charge is -2.34. The van der Waals surface area contributed by atoms with E-state index in [0.29, 0.717) is 12.8 Å². The minimum absolute atomic E-state index is 0.0828. The van der Waals surface area contributed by atoms with E-state index < -0.39 is 21.9 Å². The quantitative estimate of drug-likeness (QED) is 0.719. The number of nitrogens with zero attached hydrogens (tertiary/aromatic N) is 1. The van der Waals surface area contributed by atoms with Gasteiger partial charge in [-0.25, -0.2) is 8.42 Å². The molecular weight excluding hydrogens is 206 g/mol. The Morgan fingerprint density at radius 1 is 1.43 bits per heavy atom. The van der Waals surface area contributed by atoms with E-state index in [-0.39, 0.29) is 12.6 Å². The topological polar surface area (TPSA) is 74.7 Å². The Bertz CT molecular complexity index is 324. The zero-order chi connectivity index (χ0) is 10.9. The van der Waals surface area contributed by atoms with Crippen LogP contribution in [0.4, 0.5) is 0 Å². The van der Waals surface area contributed by atoms with Crippen molar-refractivity contribution in [2.24, 2.45) is 5.92 Å². The zero-order valence-corrected chi connectivity index (χ0v) is 9.12. The maximum Gasteiger partial charge on any atom is 0.307 e. The number of rotatable bonds is 2. The predicted molar refractivity (Wildman–Crippen MR) is 51.4 cm³/mol. The predicted octanol–water partition coefficient (Wildman–Crippen LogP) is 0.131. The maximum atomic E-state index is 11.3. The summed E-state index contributed by atoms with van der Waals surface area (Å²) < 4.78 is 23.9.